The van der Waals surface area contributed by atoms with Gasteiger partial charge in [-0.25, -0.2) is 0 Å². The van der Waals surface area contributed by atoms with Gasteiger partial charge in [-0.3, -0.25) is 9.11 Å². The average molecular weight is 125 g/mol. The molecule has 0 amide bonds. The van der Waals surface area contributed by atoms with Gasteiger partial charge in [-0.1, -0.05) is 0 Å². The van der Waals surface area contributed by atoms with Gasteiger partial charge in [0, 0.05) is 18.9 Å². The summed E-state index contributed by atoms with van der Waals surface area (Å²) in [5, 5.41) is 0. The Balaban J connectivity index is -0.0000000450. The van der Waals surface area contributed by atoms with Crippen LogP contribution in [0.15, 0.2) is 0 Å². The molecule has 0 heterocycles. The van der Waals surface area contributed by atoms with Crippen molar-refractivity contribution in [2.24, 2.45) is 0 Å². The van der Waals surface area contributed by atoms with Crippen molar-refractivity contribution in [3.63, 3.8) is 0 Å². The van der Waals surface area contributed by atoms with E-state index in [0.717, 1.165) is 0 Å². The minimum atomic E-state index is -2.61. The van der Waals surface area contributed by atoms with Crippen molar-refractivity contribution in [2.45, 2.75) is 0 Å². The van der Waals surface area contributed by atoms with Gasteiger partial charge in [0.25, 0.3) is 11.4 Å². The van der Waals surface area contributed by atoms with Crippen LogP contribution in [0.4, 0.5) is 0 Å². The summed E-state index contributed by atoms with van der Waals surface area (Å²) in [6, 6.07) is 0. The molecular formula is H3ClLiO3S. The van der Waals surface area contributed by atoms with Crippen molar-refractivity contribution in [3.05, 3.63) is 0 Å². The summed E-state index contributed by atoms with van der Waals surface area (Å²) in [4.78, 5) is 0. The van der Waals surface area contributed by atoms with Crippen LogP contribution < -0.4 is 0 Å². The molecule has 6 heteroatoms. The molecule has 0 rings (SSSR count). The first kappa shape index (κ1) is 15.8. The van der Waals surface area contributed by atoms with E-state index < -0.39 is 11.4 Å². The van der Waals surface area contributed by atoms with Gasteiger partial charge in [-0.05, 0) is 0 Å². The van der Waals surface area contributed by atoms with E-state index >= 15 is 0 Å². The fourth-order valence-corrected chi connectivity index (χ4v) is 0. The number of hydrogen-bond donors (Lipinski definition) is 2. The first-order chi connectivity index (χ1) is 1.73. The molecule has 0 fully saturated rings. The Morgan fingerprint density at radius 1 is 1.33 bits per heavy atom. The molecule has 0 unspecified atom stereocenters. The van der Waals surface area contributed by atoms with Gasteiger partial charge in [0.1, 0.15) is 0 Å². The summed E-state index contributed by atoms with van der Waals surface area (Å²) in [5.41, 5.74) is 0. The molecule has 0 aliphatic heterocycles. The van der Waals surface area contributed by atoms with E-state index in [0.29, 0.717) is 0 Å². The Bertz CT molecular complexity index is 33.8. The van der Waals surface area contributed by atoms with E-state index in [4.69, 9.17) is 13.3 Å². The van der Waals surface area contributed by atoms with Crippen LogP contribution in [-0.4, -0.2) is 32.2 Å². The summed E-state index contributed by atoms with van der Waals surface area (Å²) in [7, 11) is 0. The summed E-state index contributed by atoms with van der Waals surface area (Å²) in [6.07, 6.45) is 0. The molecule has 0 saturated carbocycles. The average Bonchev–Trinajstić information content (AvgIpc) is 0.811. The molecule has 6 heavy (non-hydrogen) atoms. The van der Waals surface area contributed by atoms with Gasteiger partial charge in [0.2, 0.25) is 0 Å². The molecular weight excluding hydrogens is 122 g/mol. The predicted molar refractivity (Wildman–Crippen MR) is 26.4 cm³/mol. The second-order valence-corrected chi connectivity index (χ2v) is 0.692. The Morgan fingerprint density at radius 3 is 1.33 bits per heavy atom. The van der Waals surface area contributed by atoms with Gasteiger partial charge >= 0.3 is 0 Å². The zero-order chi connectivity index (χ0) is 3.58. The molecule has 35 valence electrons. The fraction of sp³-hybridized carbons (Fsp3) is 0. The monoisotopic (exact) mass is 125 g/mol. The normalized spacial score (nSPS) is 5.83. The molecule has 0 aliphatic rings. The molecule has 0 bridgehead atoms. The number of halogens is 1. The minimum absolute atomic E-state index is 0. The molecule has 0 atom stereocenters. The third kappa shape index (κ3) is 84.7. The van der Waals surface area contributed by atoms with E-state index in [-0.39, 0.29) is 31.3 Å². The summed E-state index contributed by atoms with van der Waals surface area (Å²) < 4.78 is 22.8. The van der Waals surface area contributed by atoms with Crippen LogP contribution in [0, 0.1) is 0 Å². The quantitative estimate of drug-likeness (QED) is 0.346. The van der Waals surface area contributed by atoms with Crippen molar-refractivity contribution in [1.82, 2.24) is 0 Å². The summed E-state index contributed by atoms with van der Waals surface area (Å²) >= 11 is -2.61. The van der Waals surface area contributed by atoms with E-state index in [1.54, 1.807) is 0 Å². The number of rotatable bonds is 0. The van der Waals surface area contributed by atoms with Crippen molar-refractivity contribution < 1.29 is 13.3 Å². The van der Waals surface area contributed by atoms with Crippen molar-refractivity contribution in [1.29, 1.82) is 0 Å². The van der Waals surface area contributed by atoms with Crippen molar-refractivity contribution >= 4 is 42.6 Å². The maximum absolute atomic E-state index is 8.67. The van der Waals surface area contributed by atoms with E-state index in [9.17, 15) is 0 Å². The fourth-order valence-electron chi connectivity index (χ4n) is 0. The molecule has 0 aromatic heterocycles. The van der Waals surface area contributed by atoms with Gasteiger partial charge in [0.15, 0.2) is 0 Å². The molecule has 0 saturated heterocycles. The second kappa shape index (κ2) is 9.35. The van der Waals surface area contributed by atoms with Crippen molar-refractivity contribution in [2.75, 3.05) is 0 Å². The van der Waals surface area contributed by atoms with Gasteiger partial charge in [-0.2, -0.15) is 4.21 Å². The Morgan fingerprint density at radius 2 is 1.33 bits per heavy atom. The molecule has 0 spiro atoms. The third-order valence-corrected chi connectivity index (χ3v) is 0. The Hall–Kier alpha value is 0.957. The molecule has 0 aromatic rings. The Labute approximate surface area is 56.2 Å². The zero-order valence-corrected chi connectivity index (χ0v) is 4.75. The van der Waals surface area contributed by atoms with E-state index in [2.05, 4.69) is 0 Å². The predicted octanol–water partition coefficient (Wildman–Crippen LogP) is -0.278. The largest absolute Gasteiger partial charge is 0.299 e. The minimum Gasteiger partial charge on any atom is -0.284 e. The molecule has 0 aliphatic carbocycles. The van der Waals surface area contributed by atoms with Crippen LogP contribution in [0.3, 0.4) is 0 Å². The summed E-state index contributed by atoms with van der Waals surface area (Å²) in [6.45, 7) is 0. The van der Waals surface area contributed by atoms with E-state index in [1.165, 1.54) is 0 Å². The van der Waals surface area contributed by atoms with Crippen LogP contribution in [0.2, 0.25) is 0 Å². The van der Waals surface area contributed by atoms with Crippen LogP contribution in [0.25, 0.3) is 0 Å². The van der Waals surface area contributed by atoms with E-state index in [1.807, 2.05) is 0 Å². The van der Waals surface area contributed by atoms with Gasteiger partial charge in [0.05, 0.1) is 0 Å². The van der Waals surface area contributed by atoms with Crippen molar-refractivity contribution in [3.8, 4) is 0 Å². The SMILES string of the molecule is Cl.O=S(O)O.[Li]. The smallest absolute Gasteiger partial charge is 0.284 e. The standard InChI is InChI=1S/ClH.Li.H2O3S/c;;1-4(2)3/h1H;;(H2,1,2,3). The van der Waals surface area contributed by atoms with Crippen LogP contribution in [0.1, 0.15) is 0 Å². The molecule has 3 nitrogen and oxygen atoms in total. The van der Waals surface area contributed by atoms with Crippen LogP contribution >= 0.6 is 12.4 Å². The molecule has 2 N–H and O–H groups in total. The topological polar surface area (TPSA) is 57.5 Å². The van der Waals surface area contributed by atoms with Gasteiger partial charge < -0.3 is 0 Å². The van der Waals surface area contributed by atoms with Crippen LogP contribution in [0.5, 0.6) is 0 Å². The van der Waals surface area contributed by atoms with Gasteiger partial charge in [-0.15, -0.1) is 12.4 Å². The third-order valence-electron chi connectivity index (χ3n) is 0. The zero-order valence-electron chi connectivity index (χ0n) is 3.12. The number of hydrogen-bond acceptors (Lipinski definition) is 1. The Kier molecular flexibility index (Phi) is 24.6. The molecule has 1 radical (unpaired) electrons. The first-order valence-electron chi connectivity index (χ1n) is 0.532. The van der Waals surface area contributed by atoms with Crippen LogP contribution in [-0.2, 0) is 11.4 Å². The second-order valence-electron chi connectivity index (χ2n) is 0.231. The summed E-state index contributed by atoms with van der Waals surface area (Å²) in [5.74, 6) is 0. The molecule has 0 aromatic carbocycles. The maximum atomic E-state index is 8.67. The maximum Gasteiger partial charge on any atom is 0.299 e. The first-order valence-corrected chi connectivity index (χ1v) is 1.60.